The zero-order chi connectivity index (χ0) is 25.1. The van der Waals surface area contributed by atoms with E-state index in [1.165, 1.54) is 36.4 Å². The Kier molecular flexibility index (Phi) is 6.83. The summed E-state index contributed by atoms with van der Waals surface area (Å²) >= 11 is 0. The molecule has 0 aliphatic rings. The molecule has 0 spiro atoms. The molecule has 0 unspecified atom stereocenters. The Morgan fingerprint density at radius 3 is 2.14 bits per heavy atom. The number of benzene rings is 4. The molecular weight excluding hydrogens is 461 g/mol. The van der Waals surface area contributed by atoms with Crippen molar-refractivity contribution in [1.29, 1.82) is 5.26 Å². The molecule has 0 fully saturated rings. The third-order valence-electron chi connectivity index (χ3n) is 5.60. The standard InChI is InChI=1S/C28H18F5NO/c1-2-9-35-20-13-25(31)27(26(32)14-20)19-7-8-21-18(12-19)6-5-17(28(21)33)4-3-16-10-23(29)22(15-34)24(30)11-16/h2,5-8,10-14H,1,3-4,9H2. The number of ether oxygens (including phenoxy) is 1. The fourth-order valence-electron chi connectivity index (χ4n) is 3.91. The Morgan fingerprint density at radius 1 is 0.829 bits per heavy atom. The summed E-state index contributed by atoms with van der Waals surface area (Å²) in [6.07, 6.45) is 1.76. The van der Waals surface area contributed by atoms with E-state index in [1.807, 2.05) is 0 Å². The molecule has 0 amide bonds. The van der Waals surface area contributed by atoms with Gasteiger partial charge < -0.3 is 4.74 Å². The molecule has 35 heavy (non-hydrogen) atoms. The highest BCUT2D eigenvalue weighted by Gasteiger charge is 2.16. The lowest BCUT2D eigenvalue weighted by Crippen LogP contribution is -1.99. The third kappa shape index (κ3) is 4.87. The van der Waals surface area contributed by atoms with Crippen molar-refractivity contribution in [2.24, 2.45) is 0 Å². The second-order valence-electron chi connectivity index (χ2n) is 7.88. The predicted octanol–water partition coefficient (Wildman–Crippen LogP) is 7.42. The zero-order valence-corrected chi connectivity index (χ0v) is 18.3. The van der Waals surface area contributed by atoms with E-state index in [4.69, 9.17) is 10.00 Å². The summed E-state index contributed by atoms with van der Waals surface area (Å²) in [7, 11) is 0. The Hall–Kier alpha value is -4.18. The highest BCUT2D eigenvalue weighted by atomic mass is 19.1. The molecule has 2 nitrogen and oxygen atoms in total. The van der Waals surface area contributed by atoms with Crippen molar-refractivity contribution in [2.75, 3.05) is 6.61 Å². The van der Waals surface area contributed by atoms with E-state index < -0.39 is 34.6 Å². The minimum atomic E-state index is -0.964. The number of hydrogen-bond donors (Lipinski definition) is 0. The maximum atomic E-state index is 15.1. The van der Waals surface area contributed by atoms with Gasteiger partial charge >= 0.3 is 0 Å². The Bertz CT molecular complexity index is 1440. The number of fused-ring (bicyclic) bond motifs is 1. The molecule has 0 saturated heterocycles. The average Bonchev–Trinajstić information content (AvgIpc) is 2.82. The predicted molar refractivity (Wildman–Crippen MR) is 123 cm³/mol. The monoisotopic (exact) mass is 479 g/mol. The van der Waals surface area contributed by atoms with E-state index in [2.05, 4.69) is 6.58 Å². The van der Waals surface area contributed by atoms with E-state index in [1.54, 1.807) is 6.07 Å². The van der Waals surface area contributed by atoms with Gasteiger partial charge in [0.25, 0.3) is 0 Å². The smallest absolute Gasteiger partial charge is 0.144 e. The van der Waals surface area contributed by atoms with E-state index in [-0.39, 0.29) is 41.7 Å². The van der Waals surface area contributed by atoms with Crippen LogP contribution in [0.1, 0.15) is 16.7 Å². The normalized spacial score (nSPS) is 10.9. The quantitative estimate of drug-likeness (QED) is 0.204. The molecule has 0 aliphatic carbocycles. The van der Waals surface area contributed by atoms with Crippen molar-refractivity contribution in [2.45, 2.75) is 12.8 Å². The molecule has 4 aromatic carbocycles. The van der Waals surface area contributed by atoms with Crippen LogP contribution in [0.2, 0.25) is 0 Å². The van der Waals surface area contributed by atoms with Crippen molar-refractivity contribution < 1.29 is 26.7 Å². The molecule has 4 aromatic rings. The van der Waals surface area contributed by atoms with Gasteiger partial charge in [-0.05, 0) is 53.1 Å². The lowest BCUT2D eigenvalue weighted by Gasteiger charge is -2.12. The highest BCUT2D eigenvalue weighted by Crippen LogP contribution is 2.33. The van der Waals surface area contributed by atoms with Gasteiger partial charge in [-0.2, -0.15) is 5.26 Å². The van der Waals surface area contributed by atoms with Crippen LogP contribution < -0.4 is 4.74 Å². The first kappa shape index (κ1) is 24.0. The van der Waals surface area contributed by atoms with Crippen molar-refractivity contribution in [3.8, 4) is 22.9 Å². The number of hydrogen-bond acceptors (Lipinski definition) is 2. The summed E-state index contributed by atoms with van der Waals surface area (Å²) in [6, 6.07) is 13.2. The van der Waals surface area contributed by atoms with Crippen molar-refractivity contribution >= 4 is 10.8 Å². The zero-order valence-electron chi connectivity index (χ0n) is 18.3. The number of aryl methyl sites for hydroxylation is 2. The minimum absolute atomic E-state index is 0.0298. The molecule has 0 bridgehead atoms. The van der Waals surface area contributed by atoms with Gasteiger partial charge in [0.1, 0.15) is 53.1 Å². The van der Waals surface area contributed by atoms with Crippen LogP contribution in [-0.4, -0.2) is 6.61 Å². The lowest BCUT2D eigenvalue weighted by molar-refractivity contribution is 0.358. The van der Waals surface area contributed by atoms with Gasteiger partial charge in [-0.15, -0.1) is 0 Å². The molecule has 0 heterocycles. The lowest BCUT2D eigenvalue weighted by atomic mass is 9.96. The van der Waals surface area contributed by atoms with Crippen molar-refractivity contribution in [3.63, 3.8) is 0 Å². The molecular formula is C28H18F5NO. The molecule has 7 heteroatoms. The van der Waals surface area contributed by atoms with Gasteiger partial charge in [-0.25, -0.2) is 22.0 Å². The van der Waals surface area contributed by atoms with Crippen LogP contribution in [0.3, 0.4) is 0 Å². The topological polar surface area (TPSA) is 33.0 Å². The number of nitriles is 1. The van der Waals surface area contributed by atoms with Crippen LogP contribution in [0.25, 0.3) is 21.9 Å². The van der Waals surface area contributed by atoms with Crippen LogP contribution >= 0.6 is 0 Å². The number of rotatable bonds is 7. The average molecular weight is 479 g/mol. The van der Waals surface area contributed by atoms with Crippen LogP contribution in [0.15, 0.2) is 67.3 Å². The van der Waals surface area contributed by atoms with Crippen molar-refractivity contribution in [1.82, 2.24) is 0 Å². The summed E-state index contributed by atoms with van der Waals surface area (Å²) in [6.45, 7) is 3.59. The fourth-order valence-corrected chi connectivity index (χ4v) is 3.91. The van der Waals surface area contributed by atoms with Gasteiger partial charge in [0.2, 0.25) is 0 Å². The molecule has 0 aromatic heterocycles. The SMILES string of the molecule is C=CCOc1cc(F)c(-c2ccc3c(F)c(CCc4cc(F)c(C#N)c(F)c4)ccc3c2)c(F)c1. The first-order valence-corrected chi connectivity index (χ1v) is 10.6. The van der Waals surface area contributed by atoms with Gasteiger partial charge in [-0.1, -0.05) is 36.9 Å². The molecule has 0 saturated carbocycles. The van der Waals surface area contributed by atoms with Gasteiger partial charge in [0.15, 0.2) is 0 Å². The fraction of sp³-hybridized carbons (Fsp3) is 0.107. The summed E-state index contributed by atoms with van der Waals surface area (Å²) in [4.78, 5) is 0. The molecule has 0 N–H and O–H groups in total. The molecule has 0 atom stereocenters. The van der Waals surface area contributed by atoms with Crippen LogP contribution in [0.4, 0.5) is 22.0 Å². The molecule has 0 aliphatic heterocycles. The molecule has 0 radical (unpaired) electrons. The van der Waals surface area contributed by atoms with Crippen LogP contribution in [0.5, 0.6) is 5.75 Å². The van der Waals surface area contributed by atoms with Gasteiger partial charge in [0.05, 0.1) is 5.56 Å². The summed E-state index contributed by atoms with van der Waals surface area (Å²) in [5, 5.41) is 9.45. The maximum Gasteiger partial charge on any atom is 0.144 e. The summed E-state index contributed by atoms with van der Waals surface area (Å²) in [5.41, 5.74) is -0.0734. The van der Waals surface area contributed by atoms with Gasteiger partial charge in [0, 0.05) is 17.5 Å². The highest BCUT2D eigenvalue weighted by molar-refractivity contribution is 5.88. The maximum absolute atomic E-state index is 15.1. The first-order chi connectivity index (χ1) is 16.8. The van der Waals surface area contributed by atoms with Crippen LogP contribution in [-0.2, 0) is 12.8 Å². The van der Waals surface area contributed by atoms with E-state index in [0.29, 0.717) is 16.5 Å². The van der Waals surface area contributed by atoms with E-state index in [0.717, 1.165) is 24.3 Å². The Balaban J connectivity index is 1.61. The second-order valence-corrected chi connectivity index (χ2v) is 7.88. The summed E-state index contributed by atoms with van der Waals surface area (Å²) in [5.74, 6) is -4.06. The Labute approximate surface area is 198 Å². The Morgan fingerprint density at radius 2 is 1.51 bits per heavy atom. The van der Waals surface area contributed by atoms with Crippen LogP contribution in [0, 0.1) is 40.4 Å². The first-order valence-electron chi connectivity index (χ1n) is 10.6. The van der Waals surface area contributed by atoms with E-state index in [9.17, 15) is 17.6 Å². The van der Waals surface area contributed by atoms with Crippen molar-refractivity contribution in [3.05, 3.63) is 113 Å². The van der Waals surface area contributed by atoms with Gasteiger partial charge in [-0.3, -0.25) is 0 Å². The minimum Gasteiger partial charge on any atom is -0.489 e. The largest absolute Gasteiger partial charge is 0.489 e. The second kappa shape index (κ2) is 9.98. The number of halogens is 5. The number of nitrogens with zero attached hydrogens (tertiary/aromatic N) is 1. The summed E-state index contributed by atoms with van der Waals surface area (Å²) < 4.78 is 77.3. The molecule has 4 rings (SSSR count). The third-order valence-corrected chi connectivity index (χ3v) is 5.60. The molecule has 176 valence electrons. The van der Waals surface area contributed by atoms with E-state index >= 15 is 4.39 Å².